The lowest BCUT2D eigenvalue weighted by Gasteiger charge is -2.18. The summed E-state index contributed by atoms with van der Waals surface area (Å²) in [6, 6.07) is 13.5. The largest absolute Gasteiger partial charge is 0.484 e. The van der Waals surface area contributed by atoms with Crippen LogP contribution in [-0.4, -0.2) is 30.7 Å². The maximum atomic E-state index is 12.3. The standard InChI is InChI=1S/C22H26N2O4/c1-5-23-19(25)14-28-18-12-10-17(11-13-18)24-21(27)20(26)15-6-8-16(9-7-15)22(2,3)4/h6-13H,5,14H2,1-4H3,(H,23,25)(H,24,27). The Balaban J connectivity index is 1.94. The summed E-state index contributed by atoms with van der Waals surface area (Å²) < 4.78 is 5.34. The summed E-state index contributed by atoms with van der Waals surface area (Å²) in [5, 5.41) is 5.21. The maximum absolute atomic E-state index is 12.3. The molecule has 6 heteroatoms. The van der Waals surface area contributed by atoms with Crippen LogP contribution in [-0.2, 0) is 15.0 Å². The smallest absolute Gasteiger partial charge is 0.296 e. The van der Waals surface area contributed by atoms with Crippen LogP contribution in [0, 0.1) is 0 Å². The first-order valence-corrected chi connectivity index (χ1v) is 9.16. The van der Waals surface area contributed by atoms with Gasteiger partial charge in [0.25, 0.3) is 17.6 Å². The molecule has 0 heterocycles. The Kier molecular flexibility index (Phi) is 6.93. The van der Waals surface area contributed by atoms with E-state index in [-0.39, 0.29) is 17.9 Å². The van der Waals surface area contributed by atoms with E-state index >= 15 is 0 Å². The third-order valence-corrected chi connectivity index (χ3v) is 4.08. The third kappa shape index (κ3) is 5.94. The van der Waals surface area contributed by atoms with Gasteiger partial charge in [0, 0.05) is 17.8 Å². The van der Waals surface area contributed by atoms with E-state index < -0.39 is 11.7 Å². The molecule has 0 bridgehead atoms. The summed E-state index contributed by atoms with van der Waals surface area (Å²) in [5.74, 6) is -1.02. The van der Waals surface area contributed by atoms with Gasteiger partial charge in [-0.05, 0) is 42.2 Å². The van der Waals surface area contributed by atoms with Gasteiger partial charge in [-0.15, -0.1) is 0 Å². The highest BCUT2D eigenvalue weighted by Crippen LogP contribution is 2.22. The van der Waals surface area contributed by atoms with Crippen LogP contribution < -0.4 is 15.4 Å². The molecule has 0 aliphatic carbocycles. The summed E-state index contributed by atoms with van der Waals surface area (Å²) in [6.07, 6.45) is 0. The molecule has 0 aliphatic rings. The zero-order chi connectivity index (χ0) is 20.7. The molecule has 0 unspecified atom stereocenters. The van der Waals surface area contributed by atoms with E-state index in [4.69, 9.17) is 4.74 Å². The molecule has 0 saturated carbocycles. The average Bonchev–Trinajstić information content (AvgIpc) is 2.66. The van der Waals surface area contributed by atoms with Crippen LogP contribution in [0.15, 0.2) is 48.5 Å². The molecule has 2 aromatic carbocycles. The van der Waals surface area contributed by atoms with Crippen molar-refractivity contribution in [2.24, 2.45) is 0 Å². The number of likely N-dealkylation sites (N-methyl/N-ethyl adjacent to an activating group) is 1. The van der Waals surface area contributed by atoms with Crippen LogP contribution >= 0.6 is 0 Å². The topological polar surface area (TPSA) is 84.5 Å². The van der Waals surface area contributed by atoms with Crippen LogP contribution in [0.25, 0.3) is 0 Å². The summed E-state index contributed by atoms with van der Waals surface area (Å²) in [6.45, 7) is 8.54. The van der Waals surface area contributed by atoms with E-state index in [1.54, 1.807) is 36.4 Å². The van der Waals surface area contributed by atoms with E-state index in [0.29, 0.717) is 23.5 Å². The Morgan fingerprint density at radius 2 is 1.54 bits per heavy atom. The van der Waals surface area contributed by atoms with E-state index in [9.17, 15) is 14.4 Å². The molecule has 2 N–H and O–H groups in total. The Hall–Kier alpha value is -3.15. The molecule has 0 fully saturated rings. The fraction of sp³-hybridized carbons (Fsp3) is 0.318. The minimum Gasteiger partial charge on any atom is -0.484 e. The van der Waals surface area contributed by atoms with Gasteiger partial charge in [-0.3, -0.25) is 14.4 Å². The number of hydrogen-bond acceptors (Lipinski definition) is 4. The van der Waals surface area contributed by atoms with Gasteiger partial charge in [-0.1, -0.05) is 45.0 Å². The minimum atomic E-state index is -0.709. The number of amides is 2. The highest BCUT2D eigenvalue weighted by atomic mass is 16.5. The van der Waals surface area contributed by atoms with Crippen molar-refractivity contribution in [2.75, 3.05) is 18.5 Å². The normalized spacial score (nSPS) is 10.9. The van der Waals surface area contributed by atoms with Crippen molar-refractivity contribution in [2.45, 2.75) is 33.1 Å². The third-order valence-electron chi connectivity index (χ3n) is 4.08. The lowest BCUT2D eigenvalue weighted by Crippen LogP contribution is -2.28. The van der Waals surface area contributed by atoms with Gasteiger partial charge in [0.05, 0.1) is 0 Å². The average molecular weight is 382 g/mol. The van der Waals surface area contributed by atoms with Crippen LogP contribution in [0.5, 0.6) is 5.75 Å². The summed E-state index contributed by atoms with van der Waals surface area (Å²) in [4.78, 5) is 35.9. The quantitative estimate of drug-likeness (QED) is 0.568. The molecule has 6 nitrogen and oxygen atoms in total. The summed E-state index contributed by atoms with van der Waals surface area (Å²) in [7, 11) is 0. The molecular weight excluding hydrogens is 356 g/mol. The molecule has 0 radical (unpaired) electrons. The molecule has 0 aromatic heterocycles. The first-order chi connectivity index (χ1) is 13.2. The monoisotopic (exact) mass is 382 g/mol. The second-order valence-corrected chi connectivity index (χ2v) is 7.38. The second-order valence-electron chi connectivity index (χ2n) is 7.38. The number of benzene rings is 2. The van der Waals surface area contributed by atoms with Gasteiger partial charge >= 0.3 is 0 Å². The molecule has 0 saturated heterocycles. The highest BCUT2D eigenvalue weighted by molar-refractivity contribution is 6.46. The molecule has 0 spiro atoms. The number of anilines is 1. The van der Waals surface area contributed by atoms with E-state index in [2.05, 4.69) is 31.4 Å². The van der Waals surface area contributed by atoms with E-state index in [1.165, 1.54) is 0 Å². The van der Waals surface area contributed by atoms with Gasteiger partial charge in [-0.25, -0.2) is 0 Å². The number of rotatable bonds is 7. The molecule has 0 atom stereocenters. The van der Waals surface area contributed by atoms with Crippen molar-refractivity contribution in [3.63, 3.8) is 0 Å². The zero-order valence-corrected chi connectivity index (χ0v) is 16.7. The lowest BCUT2D eigenvalue weighted by atomic mass is 9.86. The number of ether oxygens (including phenoxy) is 1. The Morgan fingerprint density at radius 3 is 2.07 bits per heavy atom. The first kappa shape index (κ1) is 21.2. The van der Waals surface area contributed by atoms with Gasteiger partial charge in [-0.2, -0.15) is 0 Å². The lowest BCUT2D eigenvalue weighted by molar-refractivity contribution is -0.123. The predicted molar refractivity (Wildman–Crippen MR) is 109 cm³/mol. The number of nitrogens with one attached hydrogen (secondary N) is 2. The Morgan fingerprint density at radius 1 is 0.929 bits per heavy atom. The molecule has 148 valence electrons. The molecule has 28 heavy (non-hydrogen) atoms. The van der Waals surface area contributed by atoms with Crippen LogP contribution in [0.1, 0.15) is 43.6 Å². The number of ketones is 1. The van der Waals surface area contributed by atoms with Crippen LogP contribution in [0.3, 0.4) is 0 Å². The number of hydrogen-bond donors (Lipinski definition) is 2. The zero-order valence-electron chi connectivity index (χ0n) is 16.7. The van der Waals surface area contributed by atoms with Gasteiger partial charge in [0.2, 0.25) is 0 Å². The van der Waals surface area contributed by atoms with E-state index in [1.807, 2.05) is 19.1 Å². The minimum absolute atomic E-state index is 0.0229. The summed E-state index contributed by atoms with van der Waals surface area (Å²) >= 11 is 0. The predicted octanol–water partition coefficient (Wildman–Crippen LogP) is 3.32. The number of carbonyl (C=O) groups excluding carboxylic acids is 3. The Bertz CT molecular complexity index is 834. The number of carbonyl (C=O) groups is 3. The number of Topliss-reactive ketones (excluding diaryl/α,β-unsaturated/α-hetero) is 1. The van der Waals surface area contributed by atoms with Crippen LogP contribution in [0.4, 0.5) is 5.69 Å². The SMILES string of the molecule is CCNC(=O)COc1ccc(NC(=O)C(=O)c2ccc(C(C)(C)C)cc2)cc1. The van der Waals surface area contributed by atoms with Gasteiger partial charge < -0.3 is 15.4 Å². The fourth-order valence-corrected chi connectivity index (χ4v) is 2.47. The van der Waals surface area contributed by atoms with Gasteiger partial charge in [0.1, 0.15) is 5.75 Å². The molecule has 2 amide bonds. The molecular formula is C22H26N2O4. The van der Waals surface area contributed by atoms with Crippen molar-refractivity contribution in [3.8, 4) is 5.75 Å². The van der Waals surface area contributed by atoms with E-state index in [0.717, 1.165) is 5.56 Å². The summed E-state index contributed by atoms with van der Waals surface area (Å²) in [5.41, 5.74) is 1.88. The van der Waals surface area contributed by atoms with Crippen molar-refractivity contribution < 1.29 is 19.1 Å². The second kappa shape index (κ2) is 9.17. The first-order valence-electron chi connectivity index (χ1n) is 9.16. The van der Waals surface area contributed by atoms with Crippen molar-refractivity contribution >= 4 is 23.3 Å². The van der Waals surface area contributed by atoms with Crippen molar-refractivity contribution in [3.05, 3.63) is 59.7 Å². The Labute approximate surface area is 165 Å². The van der Waals surface area contributed by atoms with Crippen LogP contribution in [0.2, 0.25) is 0 Å². The van der Waals surface area contributed by atoms with Crippen molar-refractivity contribution in [1.29, 1.82) is 0 Å². The maximum Gasteiger partial charge on any atom is 0.296 e. The van der Waals surface area contributed by atoms with Gasteiger partial charge in [0.15, 0.2) is 6.61 Å². The molecule has 2 aromatic rings. The van der Waals surface area contributed by atoms with Crippen molar-refractivity contribution in [1.82, 2.24) is 5.32 Å². The highest BCUT2D eigenvalue weighted by Gasteiger charge is 2.18. The fourth-order valence-electron chi connectivity index (χ4n) is 2.47. The molecule has 2 rings (SSSR count). The molecule has 0 aliphatic heterocycles.